The maximum absolute atomic E-state index is 12.5. The Morgan fingerprint density at radius 1 is 1.24 bits per heavy atom. The smallest absolute Gasteiger partial charge is 0.259 e. The summed E-state index contributed by atoms with van der Waals surface area (Å²) in [7, 11) is 1.79. The molecule has 110 valence electrons. The predicted octanol–water partition coefficient (Wildman–Crippen LogP) is 3.41. The molecule has 0 unspecified atom stereocenters. The third-order valence-electron chi connectivity index (χ3n) is 3.39. The van der Waals surface area contributed by atoms with Crippen molar-refractivity contribution >= 4 is 17.4 Å². The minimum atomic E-state index is -0.0579. The van der Waals surface area contributed by atoms with Gasteiger partial charge >= 0.3 is 0 Å². The number of aryl methyl sites for hydroxylation is 2. The Balaban J connectivity index is 2.22. The van der Waals surface area contributed by atoms with E-state index in [4.69, 9.17) is 0 Å². The normalized spacial score (nSPS) is 10.3. The lowest BCUT2D eigenvalue weighted by Crippen LogP contribution is -2.27. The van der Waals surface area contributed by atoms with Crippen LogP contribution in [0.5, 0.6) is 0 Å². The maximum atomic E-state index is 12.5. The Morgan fingerprint density at radius 2 is 2.00 bits per heavy atom. The van der Waals surface area contributed by atoms with Gasteiger partial charge in [-0.15, -0.1) is 0 Å². The zero-order chi connectivity index (χ0) is 15.4. The summed E-state index contributed by atoms with van der Waals surface area (Å²) in [6.45, 7) is 6.87. The zero-order valence-electron chi connectivity index (χ0n) is 13.0. The van der Waals surface area contributed by atoms with Crippen LogP contribution < -0.4 is 10.2 Å². The fraction of sp³-hybridized carbons (Fsp3) is 0.294. The summed E-state index contributed by atoms with van der Waals surface area (Å²) < 4.78 is 0. The molecule has 1 amide bonds. The second-order valence-corrected chi connectivity index (χ2v) is 5.12. The van der Waals surface area contributed by atoms with Crippen LogP contribution in [0.15, 0.2) is 36.5 Å². The number of nitrogens with one attached hydrogen (secondary N) is 1. The Labute approximate surface area is 125 Å². The molecule has 2 rings (SSSR count). The molecular formula is C17H21N3O. The van der Waals surface area contributed by atoms with E-state index in [1.54, 1.807) is 24.2 Å². The number of aromatic nitrogens is 1. The van der Waals surface area contributed by atoms with Gasteiger partial charge in [-0.3, -0.25) is 4.79 Å². The molecule has 0 aliphatic rings. The van der Waals surface area contributed by atoms with Crippen LogP contribution in [0, 0.1) is 13.8 Å². The molecular weight excluding hydrogens is 262 g/mol. The molecule has 21 heavy (non-hydrogen) atoms. The molecule has 1 aromatic carbocycles. The molecule has 4 nitrogen and oxygen atoms in total. The summed E-state index contributed by atoms with van der Waals surface area (Å²) in [6, 6.07) is 9.69. The summed E-state index contributed by atoms with van der Waals surface area (Å²) in [5.41, 5.74) is 3.78. The van der Waals surface area contributed by atoms with Crippen molar-refractivity contribution in [3.8, 4) is 0 Å². The molecule has 0 saturated carbocycles. The van der Waals surface area contributed by atoms with Gasteiger partial charge in [0.25, 0.3) is 5.91 Å². The van der Waals surface area contributed by atoms with Crippen molar-refractivity contribution in [1.82, 2.24) is 4.98 Å². The monoisotopic (exact) mass is 283 g/mol. The number of benzene rings is 1. The topological polar surface area (TPSA) is 45.2 Å². The van der Waals surface area contributed by atoms with Gasteiger partial charge < -0.3 is 10.2 Å². The van der Waals surface area contributed by atoms with E-state index < -0.39 is 0 Å². The van der Waals surface area contributed by atoms with Gasteiger partial charge in [0.1, 0.15) is 5.82 Å². The Kier molecular flexibility index (Phi) is 4.58. The highest BCUT2D eigenvalue weighted by atomic mass is 16.2. The van der Waals surface area contributed by atoms with E-state index in [2.05, 4.69) is 16.4 Å². The second kappa shape index (κ2) is 6.39. The van der Waals surface area contributed by atoms with Crippen molar-refractivity contribution in [3.05, 3.63) is 53.2 Å². The quantitative estimate of drug-likeness (QED) is 0.935. The molecule has 1 heterocycles. The Bertz CT molecular complexity index is 635. The maximum Gasteiger partial charge on any atom is 0.259 e. The summed E-state index contributed by atoms with van der Waals surface area (Å²) in [6.07, 6.45) is 1.61. The van der Waals surface area contributed by atoms with Crippen LogP contribution in [-0.4, -0.2) is 24.5 Å². The molecule has 4 heteroatoms. The van der Waals surface area contributed by atoms with Crippen molar-refractivity contribution < 1.29 is 4.79 Å². The lowest BCUT2D eigenvalue weighted by atomic mass is 10.1. The number of carbonyl (C=O) groups is 1. The summed E-state index contributed by atoms with van der Waals surface area (Å²) in [5, 5.41) is 3.11. The first-order chi connectivity index (χ1) is 10.0. The van der Waals surface area contributed by atoms with Crippen LogP contribution in [0.3, 0.4) is 0 Å². The van der Waals surface area contributed by atoms with E-state index in [0.29, 0.717) is 5.56 Å². The second-order valence-electron chi connectivity index (χ2n) is 5.12. The van der Waals surface area contributed by atoms with Crippen molar-refractivity contribution in [1.29, 1.82) is 0 Å². The van der Waals surface area contributed by atoms with Gasteiger partial charge in [0.05, 0.1) is 5.56 Å². The number of hydrogen-bond acceptors (Lipinski definition) is 3. The highest BCUT2D eigenvalue weighted by molar-refractivity contribution is 6.06. The molecule has 0 radical (unpaired) electrons. The predicted molar refractivity (Wildman–Crippen MR) is 87.1 cm³/mol. The average molecular weight is 283 g/mol. The molecule has 0 aliphatic heterocycles. The molecule has 0 spiro atoms. The fourth-order valence-electron chi connectivity index (χ4n) is 2.29. The van der Waals surface area contributed by atoms with Crippen LogP contribution in [0.25, 0.3) is 0 Å². The van der Waals surface area contributed by atoms with Crippen LogP contribution in [0.2, 0.25) is 0 Å². The lowest BCUT2D eigenvalue weighted by Gasteiger charge is -2.20. The van der Waals surface area contributed by atoms with E-state index >= 15 is 0 Å². The Morgan fingerprint density at radius 3 is 2.57 bits per heavy atom. The SMILES string of the molecule is CCNc1ccc(C(=O)N(C)c2ccc(C)cc2C)cn1. The van der Waals surface area contributed by atoms with Gasteiger partial charge in [-0.05, 0) is 44.5 Å². The first-order valence-corrected chi connectivity index (χ1v) is 7.08. The van der Waals surface area contributed by atoms with Crippen molar-refractivity contribution in [3.63, 3.8) is 0 Å². The average Bonchev–Trinajstić information content (AvgIpc) is 2.47. The van der Waals surface area contributed by atoms with Gasteiger partial charge in [0.15, 0.2) is 0 Å². The largest absolute Gasteiger partial charge is 0.370 e. The van der Waals surface area contributed by atoms with Gasteiger partial charge in [0.2, 0.25) is 0 Å². The highest BCUT2D eigenvalue weighted by Gasteiger charge is 2.15. The van der Waals surface area contributed by atoms with Crippen molar-refractivity contribution in [2.75, 3.05) is 23.8 Å². The number of pyridine rings is 1. The number of carbonyl (C=O) groups excluding carboxylic acids is 1. The number of nitrogens with zero attached hydrogens (tertiary/aromatic N) is 2. The molecule has 0 aliphatic carbocycles. The van der Waals surface area contributed by atoms with Crippen LogP contribution in [0.4, 0.5) is 11.5 Å². The molecule has 2 aromatic rings. The molecule has 0 fully saturated rings. The van der Waals surface area contributed by atoms with Crippen LogP contribution in [-0.2, 0) is 0 Å². The van der Waals surface area contributed by atoms with Gasteiger partial charge in [-0.2, -0.15) is 0 Å². The molecule has 1 N–H and O–H groups in total. The van der Waals surface area contributed by atoms with E-state index in [-0.39, 0.29) is 5.91 Å². The fourth-order valence-corrected chi connectivity index (χ4v) is 2.29. The highest BCUT2D eigenvalue weighted by Crippen LogP contribution is 2.21. The number of amides is 1. The molecule has 0 atom stereocenters. The molecule has 0 bridgehead atoms. The molecule has 0 saturated heterocycles. The van der Waals surface area contributed by atoms with E-state index in [9.17, 15) is 4.79 Å². The van der Waals surface area contributed by atoms with E-state index in [1.165, 1.54) is 5.56 Å². The van der Waals surface area contributed by atoms with E-state index in [1.807, 2.05) is 39.0 Å². The summed E-state index contributed by atoms with van der Waals surface area (Å²) in [4.78, 5) is 18.4. The zero-order valence-corrected chi connectivity index (χ0v) is 13.0. The van der Waals surface area contributed by atoms with Crippen LogP contribution >= 0.6 is 0 Å². The third-order valence-corrected chi connectivity index (χ3v) is 3.39. The Hall–Kier alpha value is -2.36. The summed E-state index contributed by atoms with van der Waals surface area (Å²) in [5.74, 6) is 0.723. The number of anilines is 2. The third kappa shape index (κ3) is 3.40. The standard InChI is InChI=1S/C17H21N3O/c1-5-18-16-9-7-14(11-19-16)17(21)20(4)15-8-6-12(2)10-13(15)3/h6-11H,5H2,1-4H3,(H,18,19). The first-order valence-electron chi connectivity index (χ1n) is 7.08. The van der Waals surface area contributed by atoms with Crippen LogP contribution in [0.1, 0.15) is 28.4 Å². The minimum Gasteiger partial charge on any atom is -0.370 e. The van der Waals surface area contributed by atoms with Gasteiger partial charge in [-0.1, -0.05) is 17.7 Å². The first kappa shape index (κ1) is 15.0. The summed E-state index contributed by atoms with van der Waals surface area (Å²) >= 11 is 0. The van der Waals surface area contributed by atoms with Crippen molar-refractivity contribution in [2.24, 2.45) is 0 Å². The number of hydrogen-bond donors (Lipinski definition) is 1. The van der Waals surface area contributed by atoms with Gasteiger partial charge in [-0.25, -0.2) is 4.98 Å². The van der Waals surface area contributed by atoms with Gasteiger partial charge in [0, 0.05) is 25.5 Å². The molecule has 1 aromatic heterocycles. The van der Waals surface area contributed by atoms with Crippen molar-refractivity contribution in [2.45, 2.75) is 20.8 Å². The minimum absolute atomic E-state index is 0.0579. The number of rotatable bonds is 4. The van der Waals surface area contributed by atoms with E-state index in [0.717, 1.165) is 23.6 Å². The lowest BCUT2D eigenvalue weighted by molar-refractivity contribution is 0.0992.